The lowest BCUT2D eigenvalue weighted by molar-refractivity contribution is 0.341. The van der Waals surface area contributed by atoms with Gasteiger partial charge in [0.1, 0.15) is 0 Å². The minimum atomic E-state index is -0.411. The first-order chi connectivity index (χ1) is 7.24. The second kappa shape index (κ2) is 5.20. The van der Waals surface area contributed by atoms with Crippen molar-refractivity contribution in [2.24, 2.45) is 0 Å². The molecule has 0 spiro atoms. The van der Waals surface area contributed by atoms with Crippen molar-refractivity contribution >= 4 is 12.2 Å². The van der Waals surface area contributed by atoms with Crippen LogP contribution in [0.15, 0.2) is 25.0 Å². The average molecular weight is 208 g/mol. The largest absolute Gasteiger partial charge is 0.504 e. The smallest absolute Gasteiger partial charge is 0.172 e. The summed E-state index contributed by atoms with van der Waals surface area (Å²) >= 11 is 0. The fourth-order valence-corrected chi connectivity index (χ4v) is 1.24. The van der Waals surface area contributed by atoms with Gasteiger partial charge in [-0.2, -0.15) is 0 Å². The molecule has 0 aliphatic heterocycles. The minimum Gasteiger partial charge on any atom is -0.504 e. The summed E-state index contributed by atoms with van der Waals surface area (Å²) in [5.74, 6) is -0.204. The summed E-state index contributed by atoms with van der Waals surface area (Å²) in [6.45, 7) is 3.57. The van der Waals surface area contributed by atoms with Crippen molar-refractivity contribution in [1.29, 1.82) is 0 Å². The van der Waals surface area contributed by atoms with E-state index in [1.54, 1.807) is 18.2 Å². The third kappa shape index (κ3) is 2.37. The quantitative estimate of drug-likeness (QED) is 0.708. The van der Waals surface area contributed by atoms with Crippen LogP contribution in [0.2, 0.25) is 0 Å². The Balaban J connectivity index is 3.24. The number of benzene rings is 1. The van der Waals surface area contributed by atoms with Gasteiger partial charge < -0.3 is 9.47 Å². The second-order valence-corrected chi connectivity index (χ2v) is 2.83. The van der Waals surface area contributed by atoms with Crippen LogP contribution < -0.4 is 4.74 Å². The SMILES string of the molecule is C=Cc1c(/C=C/OC)ccc(OC)c1F. The summed E-state index contributed by atoms with van der Waals surface area (Å²) in [6.07, 6.45) is 4.60. The van der Waals surface area contributed by atoms with Gasteiger partial charge in [-0.3, -0.25) is 0 Å². The highest BCUT2D eigenvalue weighted by molar-refractivity contribution is 5.66. The molecule has 0 bridgehead atoms. The molecular weight excluding hydrogens is 195 g/mol. The number of hydrogen-bond acceptors (Lipinski definition) is 2. The van der Waals surface area contributed by atoms with Crippen molar-refractivity contribution in [2.75, 3.05) is 14.2 Å². The molecule has 1 aromatic rings. The second-order valence-electron chi connectivity index (χ2n) is 2.83. The summed E-state index contributed by atoms with van der Waals surface area (Å²) in [5.41, 5.74) is 1.10. The highest BCUT2D eigenvalue weighted by Crippen LogP contribution is 2.25. The third-order valence-electron chi connectivity index (χ3n) is 1.99. The van der Waals surface area contributed by atoms with Gasteiger partial charge in [0, 0.05) is 5.56 Å². The van der Waals surface area contributed by atoms with Crippen molar-refractivity contribution in [2.45, 2.75) is 0 Å². The molecule has 0 saturated carbocycles. The van der Waals surface area contributed by atoms with E-state index in [-0.39, 0.29) is 5.75 Å². The number of hydrogen-bond donors (Lipinski definition) is 0. The monoisotopic (exact) mass is 208 g/mol. The maximum absolute atomic E-state index is 13.7. The first kappa shape index (κ1) is 11.3. The van der Waals surface area contributed by atoms with Gasteiger partial charge in [-0.15, -0.1) is 0 Å². The molecular formula is C12H13FO2. The van der Waals surface area contributed by atoms with Crippen LogP contribution in [0.4, 0.5) is 4.39 Å². The summed E-state index contributed by atoms with van der Waals surface area (Å²) in [5, 5.41) is 0. The van der Waals surface area contributed by atoms with Crippen LogP contribution >= 0.6 is 0 Å². The molecule has 0 unspecified atom stereocenters. The lowest BCUT2D eigenvalue weighted by Crippen LogP contribution is -1.93. The van der Waals surface area contributed by atoms with E-state index in [4.69, 9.17) is 9.47 Å². The Hall–Kier alpha value is -1.77. The van der Waals surface area contributed by atoms with E-state index in [1.807, 2.05) is 0 Å². The maximum Gasteiger partial charge on any atom is 0.172 e. The average Bonchev–Trinajstić information content (AvgIpc) is 2.26. The van der Waals surface area contributed by atoms with Gasteiger partial charge in [-0.05, 0) is 17.7 Å². The number of methoxy groups -OCH3 is 2. The molecule has 0 amide bonds. The van der Waals surface area contributed by atoms with E-state index in [9.17, 15) is 4.39 Å². The molecule has 0 atom stereocenters. The van der Waals surface area contributed by atoms with Crippen LogP contribution in [0, 0.1) is 5.82 Å². The predicted molar refractivity (Wildman–Crippen MR) is 59.1 cm³/mol. The van der Waals surface area contributed by atoms with E-state index in [0.29, 0.717) is 11.1 Å². The Labute approximate surface area is 88.6 Å². The van der Waals surface area contributed by atoms with E-state index >= 15 is 0 Å². The summed E-state index contributed by atoms with van der Waals surface area (Å²) in [4.78, 5) is 0. The Bertz CT molecular complexity index is 383. The van der Waals surface area contributed by atoms with Crippen LogP contribution in [0.25, 0.3) is 12.2 Å². The predicted octanol–water partition coefficient (Wildman–Crippen LogP) is 3.09. The first-order valence-corrected chi connectivity index (χ1v) is 4.42. The molecule has 0 radical (unpaired) electrons. The Morgan fingerprint density at radius 1 is 1.33 bits per heavy atom. The molecule has 1 aromatic carbocycles. The van der Waals surface area contributed by atoms with Crippen LogP contribution in [0.1, 0.15) is 11.1 Å². The van der Waals surface area contributed by atoms with Gasteiger partial charge in [-0.25, -0.2) is 4.39 Å². The molecule has 0 N–H and O–H groups in total. The zero-order chi connectivity index (χ0) is 11.3. The minimum absolute atomic E-state index is 0.208. The molecule has 0 fully saturated rings. The van der Waals surface area contributed by atoms with Crippen molar-refractivity contribution in [3.8, 4) is 5.75 Å². The van der Waals surface area contributed by atoms with Crippen molar-refractivity contribution in [3.05, 3.63) is 41.9 Å². The lowest BCUT2D eigenvalue weighted by Gasteiger charge is -2.07. The Morgan fingerprint density at radius 2 is 2.07 bits per heavy atom. The molecule has 1 rings (SSSR count). The summed E-state index contributed by atoms with van der Waals surface area (Å²) in [6, 6.07) is 3.31. The molecule has 80 valence electrons. The number of ether oxygens (including phenoxy) is 2. The molecule has 0 aliphatic carbocycles. The van der Waals surface area contributed by atoms with Crippen LogP contribution in [-0.4, -0.2) is 14.2 Å². The molecule has 0 aromatic heterocycles. The van der Waals surface area contributed by atoms with Crippen LogP contribution in [0.3, 0.4) is 0 Å². The van der Waals surface area contributed by atoms with Crippen LogP contribution in [0.5, 0.6) is 5.75 Å². The van der Waals surface area contributed by atoms with E-state index in [1.165, 1.54) is 26.6 Å². The van der Waals surface area contributed by atoms with Gasteiger partial charge in [0.15, 0.2) is 11.6 Å². The van der Waals surface area contributed by atoms with E-state index in [0.717, 1.165) is 0 Å². The molecule has 0 aliphatic rings. The molecule has 0 saturated heterocycles. The van der Waals surface area contributed by atoms with E-state index in [2.05, 4.69) is 6.58 Å². The Morgan fingerprint density at radius 3 is 2.60 bits per heavy atom. The number of rotatable bonds is 4. The lowest BCUT2D eigenvalue weighted by atomic mass is 10.1. The number of halogens is 1. The fourth-order valence-electron chi connectivity index (χ4n) is 1.24. The maximum atomic E-state index is 13.7. The topological polar surface area (TPSA) is 18.5 Å². The highest BCUT2D eigenvalue weighted by atomic mass is 19.1. The van der Waals surface area contributed by atoms with Gasteiger partial charge in [-0.1, -0.05) is 18.7 Å². The van der Waals surface area contributed by atoms with E-state index < -0.39 is 5.82 Å². The van der Waals surface area contributed by atoms with Gasteiger partial charge in [0.05, 0.1) is 20.5 Å². The zero-order valence-corrected chi connectivity index (χ0v) is 8.79. The zero-order valence-electron chi connectivity index (χ0n) is 8.79. The standard InChI is InChI=1S/C12H13FO2/c1-4-10-9(7-8-14-2)5-6-11(15-3)12(10)13/h4-8H,1H2,2-3H3/b8-7+. The first-order valence-electron chi connectivity index (χ1n) is 4.42. The molecule has 2 nitrogen and oxygen atoms in total. The third-order valence-corrected chi connectivity index (χ3v) is 1.99. The van der Waals surface area contributed by atoms with Crippen molar-refractivity contribution < 1.29 is 13.9 Å². The normalized spacial score (nSPS) is 10.3. The highest BCUT2D eigenvalue weighted by Gasteiger charge is 2.09. The summed E-state index contributed by atoms with van der Waals surface area (Å²) < 4.78 is 23.3. The summed E-state index contributed by atoms with van der Waals surface area (Å²) in [7, 11) is 2.96. The fraction of sp³-hybridized carbons (Fsp3) is 0.167. The van der Waals surface area contributed by atoms with Gasteiger partial charge in [0.2, 0.25) is 0 Å². The molecule has 15 heavy (non-hydrogen) atoms. The molecule has 3 heteroatoms. The van der Waals surface area contributed by atoms with Crippen molar-refractivity contribution in [3.63, 3.8) is 0 Å². The van der Waals surface area contributed by atoms with Gasteiger partial charge >= 0.3 is 0 Å². The molecule has 0 heterocycles. The Kier molecular flexibility index (Phi) is 3.92. The van der Waals surface area contributed by atoms with Crippen LogP contribution in [-0.2, 0) is 4.74 Å². The van der Waals surface area contributed by atoms with Gasteiger partial charge in [0.25, 0.3) is 0 Å². The van der Waals surface area contributed by atoms with Crippen molar-refractivity contribution in [1.82, 2.24) is 0 Å².